The maximum atomic E-state index is 13.1. The number of ether oxygens (including phenoxy) is 2. The van der Waals surface area contributed by atoms with Crippen molar-refractivity contribution in [2.45, 2.75) is 294 Å². The molecule has 1 rings (SSSR count). The van der Waals surface area contributed by atoms with Crippen LogP contribution < -0.4 is 5.32 Å². The number of allylic oxidation sites excluding steroid dienone is 1. The highest BCUT2D eigenvalue weighted by Gasteiger charge is 2.44. The van der Waals surface area contributed by atoms with Crippen molar-refractivity contribution in [1.29, 1.82) is 0 Å². The first kappa shape index (κ1) is 57.9. The van der Waals surface area contributed by atoms with E-state index in [4.69, 9.17) is 9.47 Å². The largest absolute Gasteiger partial charge is 0.394 e. The zero-order chi connectivity index (χ0) is 44.6. The van der Waals surface area contributed by atoms with Crippen LogP contribution in [-0.2, 0) is 14.3 Å². The van der Waals surface area contributed by atoms with Crippen LogP contribution in [0.3, 0.4) is 0 Å². The fraction of sp³-hybridized carbons (Fsp3) is 0.941. The van der Waals surface area contributed by atoms with Crippen molar-refractivity contribution in [2.24, 2.45) is 0 Å². The summed E-state index contributed by atoms with van der Waals surface area (Å²) in [6.45, 7) is 3.62. The molecule has 362 valence electrons. The standard InChI is InChI=1S/C51H99NO9/c1-3-5-7-9-11-13-15-17-18-19-20-21-22-23-24-25-26-27-28-30-32-34-36-38-40-45(55)50(59)52-43(42-60-51-49(58)48(57)47(56)46(41-53)61-51)44(54)39-37-35-33-31-29-16-14-12-10-8-6-4-2/h37,39,43-49,51,53-58H,3-36,38,40-42H2,1-2H3,(H,52,59)/b39-37+. The summed E-state index contributed by atoms with van der Waals surface area (Å²) < 4.78 is 11.1. The number of carbonyl (C=O) groups excluding carboxylic acids is 1. The van der Waals surface area contributed by atoms with E-state index in [1.165, 1.54) is 180 Å². The summed E-state index contributed by atoms with van der Waals surface area (Å²) in [5, 5.41) is 64.7. The summed E-state index contributed by atoms with van der Waals surface area (Å²) in [7, 11) is 0. The lowest BCUT2D eigenvalue weighted by Gasteiger charge is -2.40. The van der Waals surface area contributed by atoms with E-state index in [9.17, 15) is 35.4 Å². The number of nitrogens with one attached hydrogen (secondary N) is 1. The van der Waals surface area contributed by atoms with E-state index in [-0.39, 0.29) is 6.61 Å². The van der Waals surface area contributed by atoms with Gasteiger partial charge in [-0.15, -0.1) is 0 Å². The van der Waals surface area contributed by atoms with E-state index in [1.807, 2.05) is 6.08 Å². The van der Waals surface area contributed by atoms with Crippen LogP contribution in [0.4, 0.5) is 0 Å². The number of aliphatic hydroxyl groups excluding tert-OH is 6. The molecule has 1 saturated heterocycles. The molecule has 61 heavy (non-hydrogen) atoms. The lowest BCUT2D eigenvalue weighted by Crippen LogP contribution is -2.60. The Morgan fingerprint density at radius 2 is 0.934 bits per heavy atom. The van der Waals surface area contributed by atoms with Crippen LogP contribution in [0.15, 0.2) is 12.2 Å². The van der Waals surface area contributed by atoms with Gasteiger partial charge in [0.25, 0.3) is 0 Å². The molecule has 7 N–H and O–H groups in total. The molecular formula is C51H99NO9. The molecule has 0 aromatic rings. The van der Waals surface area contributed by atoms with Gasteiger partial charge in [-0.2, -0.15) is 0 Å². The second-order valence-electron chi connectivity index (χ2n) is 18.5. The van der Waals surface area contributed by atoms with Crippen molar-refractivity contribution in [3.8, 4) is 0 Å². The van der Waals surface area contributed by atoms with Crippen LogP contribution in [0.2, 0.25) is 0 Å². The van der Waals surface area contributed by atoms with Gasteiger partial charge in [-0.1, -0.05) is 238 Å². The van der Waals surface area contributed by atoms with Crippen molar-refractivity contribution in [1.82, 2.24) is 5.32 Å². The summed E-state index contributed by atoms with van der Waals surface area (Å²) in [6, 6.07) is -0.974. The molecule has 1 fully saturated rings. The highest BCUT2D eigenvalue weighted by Crippen LogP contribution is 2.23. The maximum absolute atomic E-state index is 13.1. The van der Waals surface area contributed by atoms with Crippen LogP contribution >= 0.6 is 0 Å². The second-order valence-corrected chi connectivity index (χ2v) is 18.5. The van der Waals surface area contributed by atoms with Crippen LogP contribution in [0.1, 0.15) is 245 Å². The molecule has 10 nitrogen and oxygen atoms in total. The molecule has 1 aliphatic rings. The third-order valence-corrected chi connectivity index (χ3v) is 12.7. The van der Waals surface area contributed by atoms with E-state index in [2.05, 4.69) is 19.2 Å². The third kappa shape index (κ3) is 31.4. The van der Waals surface area contributed by atoms with Gasteiger partial charge in [0.05, 0.1) is 25.4 Å². The van der Waals surface area contributed by atoms with E-state index in [0.717, 1.165) is 44.9 Å². The first-order valence-electron chi connectivity index (χ1n) is 26.0. The first-order chi connectivity index (χ1) is 29.8. The minimum atomic E-state index is -1.61. The molecule has 1 heterocycles. The van der Waals surface area contributed by atoms with Crippen LogP contribution in [0.25, 0.3) is 0 Å². The Bertz CT molecular complexity index is 984. The number of aliphatic hydroxyl groups is 6. The van der Waals surface area contributed by atoms with Crippen LogP contribution in [0, 0.1) is 0 Å². The lowest BCUT2D eigenvalue weighted by molar-refractivity contribution is -0.302. The van der Waals surface area contributed by atoms with Crippen LogP contribution in [0.5, 0.6) is 0 Å². The molecule has 0 aromatic heterocycles. The zero-order valence-electron chi connectivity index (χ0n) is 39.6. The number of amides is 1. The first-order valence-corrected chi connectivity index (χ1v) is 26.0. The minimum Gasteiger partial charge on any atom is -0.394 e. The number of hydrogen-bond donors (Lipinski definition) is 7. The SMILES string of the molecule is CCCCCCCCCCCC/C=C/C(O)C(COC1OC(CO)C(O)C(O)C1O)NC(=O)C(O)CCCCCCCCCCCCCCCCCCCCCCCCCC. The maximum Gasteiger partial charge on any atom is 0.249 e. The Hall–Kier alpha value is -1.11. The highest BCUT2D eigenvalue weighted by atomic mass is 16.7. The summed E-state index contributed by atoms with van der Waals surface area (Å²) >= 11 is 0. The molecular weight excluding hydrogens is 771 g/mol. The summed E-state index contributed by atoms with van der Waals surface area (Å²) in [5.74, 6) is -0.612. The van der Waals surface area contributed by atoms with Gasteiger partial charge in [0.1, 0.15) is 30.5 Å². The Kier molecular flexibility index (Phi) is 39.5. The van der Waals surface area contributed by atoms with E-state index in [1.54, 1.807) is 6.08 Å². The van der Waals surface area contributed by atoms with Gasteiger partial charge in [0.15, 0.2) is 6.29 Å². The predicted octanol–water partition coefficient (Wildman–Crippen LogP) is 10.6. The Morgan fingerprint density at radius 1 is 0.557 bits per heavy atom. The number of hydrogen-bond acceptors (Lipinski definition) is 9. The zero-order valence-corrected chi connectivity index (χ0v) is 39.6. The van der Waals surface area contributed by atoms with Crippen molar-refractivity contribution in [3.05, 3.63) is 12.2 Å². The fourth-order valence-electron chi connectivity index (χ4n) is 8.46. The molecule has 1 aliphatic heterocycles. The van der Waals surface area contributed by atoms with Gasteiger partial charge in [0.2, 0.25) is 5.91 Å². The quantitative estimate of drug-likeness (QED) is 0.0233. The van der Waals surface area contributed by atoms with Gasteiger partial charge < -0.3 is 45.4 Å². The van der Waals surface area contributed by atoms with Gasteiger partial charge in [-0.05, 0) is 19.3 Å². The molecule has 1 amide bonds. The normalized spacial score (nSPS) is 21.0. The molecule has 0 radical (unpaired) electrons. The Balaban J connectivity index is 2.25. The average Bonchev–Trinajstić information content (AvgIpc) is 3.26. The minimum absolute atomic E-state index is 0.301. The molecule has 10 heteroatoms. The summed E-state index contributed by atoms with van der Waals surface area (Å²) in [4.78, 5) is 13.1. The van der Waals surface area contributed by atoms with Gasteiger partial charge >= 0.3 is 0 Å². The Morgan fingerprint density at radius 3 is 1.33 bits per heavy atom. The van der Waals surface area contributed by atoms with Gasteiger partial charge in [-0.3, -0.25) is 4.79 Å². The van der Waals surface area contributed by atoms with Crippen molar-refractivity contribution in [2.75, 3.05) is 13.2 Å². The number of unbranched alkanes of at least 4 members (excludes halogenated alkanes) is 33. The summed E-state index contributed by atoms with van der Waals surface area (Å²) in [6.07, 6.45) is 38.8. The average molecular weight is 870 g/mol. The van der Waals surface area contributed by atoms with Crippen molar-refractivity contribution >= 4 is 5.91 Å². The summed E-state index contributed by atoms with van der Waals surface area (Å²) in [5.41, 5.74) is 0. The van der Waals surface area contributed by atoms with Gasteiger partial charge in [-0.25, -0.2) is 0 Å². The third-order valence-electron chi connectivity index (χ3n) is 12.7. The predicted molar refractivity (Wildman–Crippen MR) is 250 cm³/mol. The molecule has 0 bridgehead atoms. The van der Waals surface area contributed by atoms with E-state index < -0.39 is 61.5 Å². The van der Waals surface area contributed by atoms with Crippen molar-refractivity contribution < 1.29 is 44.9 Å². The molecule has 0 saturated carbocycles. The monoisotopic (exact) mass is 870 g/mol. The topological polar surface area (TPSA) is 169 Å². The van der Waals surface area contributed by atoms with Crippen molar-refractivity contribution in [3.63, 3.8) is 0 Å². The molecule has 0 spiro atoms. The molecule has 8 unspecified atom stereocenters. The van der Waals surface area contributed by atoms with Gasteiger partial charge in [0, 0.05) is 0 Å². The smallest absolute Gasteiger partial charge is 0.249 e. The lowest BCUT2D eigenvalue weighted by atomic mass is 9.99. The Labute approximate surface area is 374 Å². The molecule has 0 aromatic carbocycles. The molecule has 0 aliphatic carbocycles. The fourth-order valence-corrected chi connectivity index (χ4v) is 8.46. The van der Waals surface area contributed by atoms with Crippen LogP contribution in [-0.4, -0.2) is 98.7 Å². The van der Waals surface area contributed by atoms with E-state index in [0.29, 0.717) is 6.42 Å². The molecule has 8 atom stereocenters. The number of carbonyl (C=O) groups is 1. The second kappa shape index (κ2) is 41.6. The highest BCUT2D eigenvalue weighted by molar-refractivity contribution is 5.80. The number of rotatable bonds is 44. The van der Waals surface area contributed by atoms with E-state index >= 15 is 0 Å².